The van der Waals surface area contributed by atoms with Crippen LogP contribution in [0.15, 0.2) is 4.99 Å². The molecule has 10 nitrogen and oxygen atoms in total. The summed E-state index contributed by atoms with van der Waals surface area (Å²) in [7, 11) is 0. The van der Waals surface area contributed by atoms with Gasteiger partial charge in [-0.15, -0.1) is 0 Å². The van der Waals surface area contributed by atoms with Crippen LogP contribution in [0.5, 0.6) is 0 Å². The van der Waals surface area contributed by atoms with Gasteiger partial charge in [0.05, 0.1) is 13.0 Å². The Balaban J connectivity index is -0.000000346. The fourth-order valence-corrected chi connectivity index (χ4v) is 1.44. The average molecular weight is 407 g/mol. The number of ether oxygens (including phenoxy) is 1. The first-order chi connectivity index (χ1) is 11.9. The quantitative estimate of drug-likeness (QED) is 0.133. The number of rotatable bonds is 5. The Kier molecular flexibility index (Phi) is 17.1. The van der Waals surface area contributed by atoms with Crippen molar-refractivity contribution < 1.29 is 36.9 Å². The Bertz CT molecular complexity index is 557. The molecule has 1 aliphatic rings. The normalized spacial score (nSPS) is 12.3. The van der Waals surface area contributed by atoms with E-state index in [1.54, 1.807) is 20.8 Å². The third-order valence-corrected chi connectivity index (χ3v) is 2.79. The van der Waals surface area contributed by atoms with E-state index in [1.807, 2.05) is 13.8 Å². The minimum atomic E-state index is -0.425. The van der Waals surface area contributed by atoms with Gasteiger partial charge in [0.15, 0.2) is 0 Å². The van der Waals surface area contributed by atoms with E-state index in [1.165, 1.54) is 0 Å². The first-order valence-corrected chi connectivity index (χ1v) is 8.18. The minimum absolute atomic E-state index is 0. The van der Waals surface area contributed by atoms with E-state index in [0.29, 0.717) is 13.0 Å². The molecule has 0 fully saturated rings. The maximum atomic E-state index is 10.9. The van der Waals surface area contributed by atoms with Crippen LogP contribution in [0, 0.1) is 17.2 Å². The Morgan fingerprint density at radius 3 is 2.11 bits per heavy atom. The largest absolute Gasteiger partial charge is 1.00 e. The molecule has 1 heterocycles. The number of aliphatic imine (C=N–C) groups is 1. The van der Waals surface area contributed by atoms with Gasteiger partial charge >= 0.3 is 11.9 Å². The molecule has 0 unspecified atom stereocenters. The molecule has 27 heavy (non-hydrogen) atoms. The Morgan fingerprint density at radius 1 is 1.30 bits per heavy atom. The molecule has 156 valence electrons. The van der Waals surface area contributed by atoms with Crippen LogP contribution in [0.1, 0.15) is 47.5 Å². The molecule has 0 spiro atoms. The number of halogens is 1. The zero-order valence-electron chi connectivity index (χ0n) is 16.5. The van der Waals surface area contributed by atoms with Gasteiger partial charge in [-0.2, -0.15) is 0 Å². The summed E-state index contributed by atoms with van der Waals surface area (Å²) < 4.78 is 4.60. The number of esters is 1. The molecule has 0 atom stereocenters. The van der Waals surface area contributed by atoms with Crippen LogP contribution >= 0.6 is 0 Å². The summed E-state index contributed by atoms with van der Waals surface area (Å²) >= 11 is 0. The van der Waals surface area contributed by atoms with Crippen LogP contribution in [0.25, 0.3) is 0 Å². The molecular formula is C16H31ClN6O4. The first-order valence-electron chi connectivity index (χ1n) is 8.18. The highest BCUT2D eigenvalue weighted by atomic mass is 35.5. The van der Waals surface area contributed by atoms with Crippen molar-refractivity contribution in [3.63, 3.8) is 0 Å². The predicted octanol–water partition coefficient (Wildman–Crippen LogP) is -4.27. The van der Waals surface area contributed by atoms with Gasteiger partial charge in [-0.25, -0.2) is 4.99 Å². The summed E-state index contributed by atoms with van der Waals surface area (Å²) in [5.41, 5.74) is 9.96. The highest BCUT2D eigenvalue weighted by Crippen LogP contribution is 2.05. The lowest BCUT2D eigenvalue weighted by atomic mass is 10.0. The summed E-state index contributed by atoms with van der Waals surface area (Å²) in [6.07, 6.45) is 0.242. The minimum Gasteiger partial charge on any atom is -1.00 e. The number of hydrogen-bond acceptors (Lipinski definition) is 5. The lowest BCUT2D eigenvalue weighted by molar-refractivity contribution is -0.146. The second kappa shape index (κ2) is 15.7. The molecule has 1 rings (SSSR count). The molecule has 0 bridgehead atoms. The number of amides is 1. The number of hydrogen-bond donors (Lipinski definition) is 5. The fourth-order valence-electron chi connectivity index (χ4n) is 1.44. The fraction of sp³-hybridized carbons (Fsp3) is 0.625. The Hall–Kier alpha value is -2.49. The molecule has 0 saturated heterocycles. The zero-order valence-corrected chi connectivity index (χ0v) is 17.2. The van der Waals surface area contributed by atoms with Gasteiger partial charge in [0, 0.05) is 11.6 Å². The highest BCUT2D eigenvalue weighted by molar-refractivity contribution is 6.15. The molecule has 11 heteroatoms. The zero-order chi connectivity index (χ0) is 20.9. The van der Waals surface area contributed by atoms with Crippen LogP contribution in [0.4, 0.5) is 0 Å². The number of Topliss-reactive ketones (excluding diaryl/α,β-unsaturated/α-hetero) is 1. The molecule has 1 aliphatic heterocycles. The first kappa shape index (κ1) is 29.3. The van der Waals surface area contributed by atoms with Crippen molar-refractivity contribution in [3.05, 3.63) is 0 Å². The molecular weight excluding hydrogens is 376 g/mol. The van der Waals surface area contributed by atoms with Gasteiger partial charge in [0.1, 0.15) is 12.2 Å². The lowest BCUT2D eigenvalue weighted by Gasteiger charge is -2.15. The van der Waals surface area contributed by atoms with Gasteiger partial charge in [-0.05, 0) is 12.8 Å². The summed E-state index contributed by atoms with van der Waals surface area (Å²) in [6.45, 7) is 9.51. The topological polar surface area (TPSA) is 186 Å². The van der Waals surface area contributed by atoms with Crippen molar-refractivity contribution in [2.45, 2.75) is 47.5 Å². The Morgan fingerprint density at radius 2 is 1.78 bits per heavy atom. The number of ketones is 1. The Labute approximate surface area is 165 Å². The SMILES string of the molecule is CC(C)C1=NC(=N)NC(=O)C1.CCOC(=O)CC(=O)C(C)C.NC(N)=[NH2+].[Cl-]. The van der Waals surface area contributed by atoms with Gasteiger partial charge in [0.2, 0.25) is 11.9 Å². The van der Waals surface area contributed by atoms with Crippen LogP contribution in [0.2, 0.25) is 0 Å². The standard InChI is InChI=1S/C8H14O3.C7H11N3O.CH5N3.ClH/c1-4-11-8(10)5-7(9)6(2)3;1-4(2)5-3-6(11)10-7(8)9-5;2-1(3)4;/h6H,4-5H2,1-3H3;4H,3H2,1-2H3,(H2,8,10,11);(H5,2,3,4);1H. The number of carbonyl (C=O) groups is 3. The maximum absolute atomic E-state index is 10.9. The van der Waals surface area contributed by atoms with Crippen molar-refractivity contribution in [2.24, 2.45) is 28.3 Å². The maximum Gasteiger partial charge on any atom is 0.336 e. The molecule has 0 aromatic heterocycles. The number of nitrogens with two attached hydrogens (primary N) is 3. The van der Waals surface area contributed by atoms with Gasteiger partial charge < -0.3 is 17.1 Å². The lowest BCUT2D eigenvalue weighted by Crippen LogP contribution is -3.00. The van der Waals surface area contributed by atoms with E-state index in [4.69, 9.17) is 5.41 Å². The van der Waals surface area contributed by atoms with Crippen molar-refractivity contribution in [1.29, 1.82) is 5.41 Å². The summed E-state index contributed by atoms with van der Waals surface area (Å²) in [5.74, 6) is -0.575. The van der Waals surface area contributed by atoms with E-state index >= 15 is 0 Å². The molecule has 0 radical (unpaired) electrons. The van der Waals surface area contributed by atoms with E-state index in [-0.39, 0.29) is 54.3 Å². The molecule has 0 saturated carbocycles. The van der Waals surface area contributed by atoms with E-state index in [2.05, 4.69) is 31.9 Å². The van der Waals surface area contributed by atoms with Crippen molar-refractivity contribution in [3.8, 4) is 0 Å². The van der Waals surface area contributed by atoms with E-state index < -0.39 is 5.97 Å². The number of guanidine groups is 2. The summed E-state index contributed by atoms with van der Waals surface area (Å²) in [5, 5.41) is 14.0. The molecule has 0 aliphatic carbocycles. The van der Waals surface area contributed by atoms with Gasteiger partial charge in [-0.3, -0.25) is 42.0 Å². The molecule has 0 aromatic rings. The third kappa shape index (κ3) is 18.1. The van der Waals surface area contributed by atoms with Crippen LogP contribution in [-0.2, 0) is 19.1 Å². The van der Waals surface area contributed by atoms with Crippen molar-refractivity contribution in [2.75, 3.05) is 6.61 Å². The summed E-state index contributed by atoms with van der Waals surface area (Å²) in [6, 6.07) is 0. The number of nitrogens with zero attached hydrogens (tertiary/aromatic N) is 1. The third-order valence-electron chi connectivity index (χ3n) is 2.79. The van der Waals surface area contributed by atoms with Crippen molar-refractivity contribution in [1.82, 2.24) is 5.32 Å². The smallest absolute Gasteiger partial charge is 0.336 e. The number of nitrogens with one attached hydrogen (secondary N) is 2. The second-order valence-corrected chi connectivity index (χ2v) is 5.93. The second-order valence-electron chi connectivity index (χ2n) is 5.93. The van der Waals surface area contributed by atoms with Crippen LogP contribution < -0.4 is 34.6 Å². The van der Waals surface area contributed by atoms with E-state index in [0.717, 1.165) is 5.71 Å². The monoisotopic (exact) mass is 406 g/mol. The number of carbonyl (C=O) groups excluding carboxylic acids is 3. The van der Waals surface area contributed by atoms with Crippen LogP contribution in [-0.4, -0.2) is 41.9 Å². The summed E-state index contributed by atoms with van der Waals surface area (Å²) in [4.78, 5) is 36.4. The van der Waals surface area contributed by atoms with Crippen molar-refractivity contribution >= 4 is 35.3 Å². The average Bonchev–Trinajstić information content (AvgIpc) is 2.46. The molecule has 8 N–H and O–H groups in total. The highest BCUT2D eigenvalue weighted by Gasteiger charge is 2.17. The molecule has 1 amide bonds. The van der Waals surface area contributed by atoms with E-state index in [9.17, 15) is 14.4 Å². The predicted molar refractivity (Wildman–Crippen MR) is 99.2 cm³/mol. The molecule has 0 aromatic carbocycles. The van der Waals surface area contributed by atoms with Crippen LogP contribution in [0.3, 0.4) is 0 Å². The van der Waals surface area contributed by atoms with Gasteiger partial charge in [0.25, 0.3) is 0 Å². The van der Waals surface area contributed by atoms with Gasteiger partial charge in [-0.1, -0.05) is 27.7 Å².